The first kappa shape index (κ1) is 15.9. The fourth-order valence-electron chi connectivity index (χ4n) is 3.91. The van der Waals surface area contributed by atoms with Crippen LogP contribution in [0.1, 0.15) is 24.8 Å². The van der Waals surface area contributed by atoms with E-state index in [2.05, 4.69) is 10.2 Å². The second kappa shape index (κ2) is 6.65. The predicted octanol–water partition coefficient (Wildman–Crippen LogP) is 2.93. The summed E-state index contributed by atoms with van der Waals surface area (Å²) in [5, 5.41) is 4.25. The van der Waals surface area contributed by atoms with Crippen molar-refractivity contribution in [2.24, 2.45) is 5.41 Å². The van der Waals surface area contributed by atoms with E-state index in [4.69, 9.17) is 21.1 Å². The molecule has 0 radical (unpaired) electrons. The summed E-state index contributed by atoms with van der Waals surface area (Å²) in [7, 11) is 3.34. The van der Waals surface area contributed by atoms with Crippen LogP contribution in [0.4, 0.5) is 0 Å². The molecule has 1 aromatic carbocycles. The highest BCUT2D eigenvalue weighted by atomic mass is 35.5. The molecule has 122 valence electrons. The van der Waals surface area contributed by atoms with Gasteiger partial charge in [-0.25, -0.2) is 0 Å². The summed E-state index contributed by atoms with van der Waals surface area (Å²) in [5.41, 5.74) is 1.57. The third-order valence-corrected chi connectivity index (χ3v) is 5.21. The highest BCUT2D eigenvalue weighted by Gasteiger charge is 2.39. The molecule has 22 heavy (non-hydrogen) atoms. The molecule has 1 N–H and O–H groups in total. The van der Waals surface area contributed by atoms with Gasteiger partial charge in [0.05, 0.1) is 14.2 Å². The van der Waals surface area contributed by atoms with E-state index in [-0.39, 0.29) is 0 Å². The highest BCUT2D eigenvalue weighted by molar-refractivity contribution is 6.30. The van der Waals surface area contributed by atoms with Crippen molar-refractivity contribution < 1.29 is 9.47 Å². The second-order valence-electron chi connectivity index (χ2n) is 6.54. The van der Waals surface area contributed by atoms with Crippen LogP contribution in [0.5, 0.6) is 11.5 Å². The molecule has 2 heterocycles. The van der Waals surface area contributed by atoms with Crippen molar-refractivity contribution in [3.8, 4) is 11.5 Å². The van der Waals surface area contributed by atoms with E-state index in [9.17, 15) is 0 Å². The lowest BCUT2D eigenvalue weighted by Gasteiger charge is -2.34. The van der Waals surface area contributed by atoms with Crippen LogP contribution in [0.15, 0.2) is 12.1 Å². The molecule has 0 amide bonds. The van der Waals surface area contributed by atoms with Gasteiger partial charge >= 0.3 is 0 Å². The van der Waals surface area contributed by atoms with Crippen LogP contribution in [0.2, 0.25) is 5.02 Å². The van der Waals surface area contributed by atoms with Gasteiger partial charge < -0.3 is 14.8 Å². The second-order valence-corrected chi connectivity index (χ2v) is 6.98. The molecular weight excluding hydrogens is 300 g/mol. The molecule has 2 fully saturated rings. The minimum absolute atomic E-state index is 0.466. The zero-order valence-electron chi connectivity index (χ0n) is 13.5. The number of hydrogen-bond acceptors (Lipinski definition) is 4. The fraction of sp³-hybridized carbons (Fsp3) is 0.647. The quantitative estimate of drug-likeness (QED) is 0.923. The van der Waals surface area contributed by atoms with E-state index in [1.165, 1.54) is 25.8 Å². The smallest absolute Gasteiger partial charge is 0.165 e. The van der Waals surface area contributed by atoms with E-state index in [1.807, 2.05) is 6.07 Å². The summed E-state index contributed by atoms with van der Waals surface area (Å²) in [6, 6.07) is 3.80. The first-order valence-corrected chi connectivity index (χ1v) is 8.37. The molecule has 2 aliphatic heterocycles. The predicted molar refractivity (Wildman–Crippen MR) is 89.0 cm³/mol. The summed E-state index contributed by atoms with van der Waals surface area (Å²) >= 11 is 6.22. The number of halogens is 1. The molecule has 1 atom stereocenters. The maximum atomic E-state index is 6.22. The third-order valence-electron chi connectivity index (χ3n) is 4.99. The van der Waals surface area contributed by atoms with Crippen molar-refractivity contribution in [1.29, 1.82) is 0 Å². The third kappa shape index (κ3) is 3.19. The minimum Gasteiger partial charge on any atom is -0.493 e. The molecule has 0 bridgehead atoms. The van der Waals surface area contributed by atoms with Crippen LogP contribution in [-0.4, -0.2) is 45.3 Å². The molecule has 0 unspecified atom stereocenters. The number of methoxy groups -OCH3 is 2. The molecule has 0 aliphatic carbocycles. The molecule has 0 aromatic heterocycles. The van der Waals surface area contributed by atoms with Crippen LogP contribution in [-0.2, 0) is 6.54 Å². The van der Waals surface area contributed by atoms with E-state index in [0.717, 1.165) is 37.5 Å². The van der Waals surface area contributed by atoms with Crippen LogP contribution in [0.3, 0.4) is 0 Å². The van der Waals surface area contributed by atoms with Gasteiger partial charge in [0.1, 0.15) is 0 Å². The van der Waals surface area contributed by atoms with Crippen molar-refractivity contribution in [2.75, 3.05) is 40.4 Å². The van der Waals surface area contributed by atoms with Gasteiger partial charge in [0.2, 0.25) is 0 Å². The van der Waals surface area contributed by atoms with Gasteiger partial charge in [-0.05, 0) is 43.8 Å². The average molecular weight is 325 g/mol. The van der Waals surface area contributed by atoms with Crippen LogP contribution in [0.25, 0.3) is 0 Å². The van der Waals surface area contributed by atoms with Gasteiger partial charge in [0.25, 0.3) is 0 Å². The SMILES string of the molecule is COc1cc(Cl)cc(CN2CC[C@@]3(CCCNC3)C2)c1OC. The van der Waals surface area contributed by atoms with Crippen LogP contribution < -0.4 is 14.8 Å². The van der Waals surface area contributed by atoms with Crippen molar-refractivity contribution in [3.05, 3.63) is 22.7 Å². The Morgan fingerprint density at radius 3 is 2.82 bits per heavy atom. The summed E-state index contributed by atoms with van der Waals surface area (Å²) in [6.07, 6.45) is 3.91. The Morgan fingerprint density at radius 1 is 1.27 bits per heavy atom. The Hall–Kier alpha value is -0.970. The Balaban J connectivity index is 1.75. The Morgan fingerprint density at radius 2 is 2.14 bits per heavy atom. The lowest BCUT2D eigenvalue weighted by molar-refractivity contribution is 0.198. The summed E-state index contributed by atoms with van der Waals surface area (Å²) in [6.45, 7) is 5.47. The number of ether oxygens (including phenoxy) is 2. The number of likely N-dealkylation sites (tertiary alicyclic amines) is 1. The highest BCUT2D eigenvalue weighted by Crippen LogP contribution is 2.39. The largest absolute Gasteiger partial charge is 0.493 e. The molecule has 2 saturated heterocycles. The summed E-state index contributed by atoms with van der Waals surface area (Å²) in [4.78, 5) is 2.51. The number of nitrogens with one attached hydrogen (secondary N) is 1. The van der Waals surface area contributed by atoms with E-state index in [0.29, 0.717) is 16.2 Å². The number of nitrogens with zero attached hydrogens (tertiary/aromatic N) is 1. The Bertz CT molecular complexity index is 530. The number of rotatable bonds is 4. The van der Waals surface area contributed by atoms with Gasteiger partial charge in [-0.15, -0.1) is 0 Å². The van der Waals surface area contributed by atoms with Gasteiger partial charge in [-0.2, -0.15) is 0 Å². The number of benzene rings is 1. The van der Waals surface area contributed by atoms with E-state index < -0.39 is 0 Å². The van der Waals surface area contributed by atoms with Gasteiger partial charge in [0, 0.05) is 36.3 Å². The molecule has 3 rings (SSSR count). The van der Waals surface area contributed by atoms with Crippen molar-refractivity contribution in [3.63, 3.8) is 0 Å². The average Bonchev–Trinajstić information content (AvgIpc) is 2.89. The van der Waals surface area contributed by atoms with Crippen molar-refractivity contribution >= 4 is 11.6 Å². The summed E-state index contributed by atoms with van der Waals surface area (Å²) < 4.78 is 10.9. The van der Waals surface area contributed by atoms with Crippen LogP contribution >= 0.6 is 11.6 Å². The number of piperidine rings is 1. The monoisotopic (exact) mass is 324 g/mol. The number of hydrogen-bond donors (Lipinski definition) is 1. The van der Waals surface area contributed by atoms with E-state index in [1.54, 1.807) is 20.3 Å². The fourth-order valence-corrected chi connectivity index (χ4v) is 4.14. The Kier molecular flexibility index (Phi) is 4.81. The maximum Gasteiger partial charge on any atom is 0.165 e. The zero-order chi connectivity index (χ0) is 15.6. The van der Waals surface area contributed by atoms with E-state index >= 15 is 0 Å². The molecule has 1 aromatic rings. The summed E-state index contributed by atoms with van der Waals surface area (Å²) in [5.74, 6) is 1.51. The first-order chi connectivity index (χ1) is 10.7. The van der Waals surface area contributed by atoms with Crippen molar-refractivity contribution in [1.82, 2.24) is 10.2 Å². The van der Waals surface area contributed by atoms with Crippen LogP contribution in [0, 0.1) is 5.41 Å². The maximum absolute atomic E-state index is 6.22. The molecule has 5 heteroatoms. The molecular formula is C17H25ClN2O2. The Labute approximate surface area is 137 Å². The van der Waals surface area contributed by atoms with Gasteiger partial charge in [-0.1, -0.05) is 11.6 Å². The van der Waals surface area contributed by atoms with Gasteiger partial charge in [0.15, 0.2) is 11.5 Å². The zero-order valence-corrected chi connectivity index (χ0v) is 14.2. The molecule has 4 nitrogen and oxygen atoms in total. The normalized spacial score (nSPS) is 25.6. The molecule has 2 aliphatic rings. The minimum atomic E-state index is 0.466. The lowest BCUT2D eigenvalue weighted by atomic mass is 9.80. The standard InChI is InChI=1S/C17H25ClN2O2/c1-21-15-9-14(18)8-13(16(15)22-2)10-20-7-5-17(12-20)4-3-6-19-11-17/h8-9,19H,3-7,10-12H2,1-2H3/t17-/m1/s1. The first-order valence-electron chi connectivity index (χ1n) is 7.99. The van der Waals surface area contributed by atoms with Crippen molar-refractivity contribution in [2.45, 2.75) is 25.8 Å². The lowest BCUT2D eigenvalue weighted by Crippen LogP contribution is -2.41. The van der Waals surface area contributed by atoms with Gasteiger partial charge in [-0.3, -0.25) is 4.90 Å². The molecule has 1 spiro atoms. The molecule has 0 saturated carbocycles. The topological polar surface area (TPSA) is 33.7 Å².